The van der Waals surface area contributed by atoms with Crippen molar-refractivity contribution in [3.63, 3.8) is 0 Å². The number of carbonyl (C=O) groups is 2. The number of esters is 1. The Bertz CT molecular complexity index is 1110. The van der Waals surface area contributed by atoms with Gasteiger partial charge in [0, 0.05) is 11.6 Å². The SMILES string of the molecule is COc1ccc(/C=C/C(=O)Oc2cccc(C=NNC(=O)c3ccc(F)cc3)c2)cc1. The van der Waals surface area contributed by atoms with Gasteiger partial charge in [-0.05, 0) is 65.7 Å². The van der Waals surface area contributed by atoms with Gasteiger partial charge in [0.2, 0.25) is 0 Å². The Morgan fingerprint density at radius 1 is 0.935 bits per heavy atom. The Morgan fingerprint density at radius 2 is 1.68 bits per heavy atom. The third-order valence-corrected chi connectivity index (χ3v) is 4.09. The normalized spacial score (nSPS) is 10.9. The Kier molecular flexibility index (Phi) is 7.26. The quantitative estimate of drug-likeness (QED) is 0.205. The van der Waals surface area contributed by atoms with Gasteiger partial charge in [0.05, 0.1) is 13.3 Å². The summed E-state index contributed by atoms with van der Waals surface area (Å²) in [4.78, 5) is 24.0. The molecule has 31 heavy (non-hydrogen) atoms. The minimum atomic E-state index is -0.533. The molecule has 7 heteroatoms. The second kappa shape index (κ2) is 10.5. The van der Waals surface area contributed by atoms with E-state index in [9.17, 15) is 14.0 Å². The minimum absolute atomic E-state index is 0.282. The molecule has 6 nitrogen and oxygen atoms in total. The predicted octanol–water partition coefficient (Wildman–Crippen LogP) is 4.22. The highest BCUT2D eigenvalue weighted by atomic mass is 19.1. The Hall–Kier alpha value is -4.26. The molecule has 156 valence electrons. The zero-order valence-electron chi connectivity index (χ0n) is 16.6. The van der Waals surface area contributed by atoms with E-state index in [0.29, 0.717) is 11.3 Å². The van der Waals surface area contributed by atoms with Gasteiger partial charge in [-0.25, -0.2) is 14.6 Å². The molecule has 3 aromatic carbocycles. The minimum Gasteiger partial charge on any atom is -0.497 e. The Morgan fingerprint density at radius 3 is 2.39 bits per heavy atom. The number of nitrogens with zero attached hydrogens (tertiary/aromatic N) is 1. The largest absolute Gasteiger partial charge is 0.497 e. The molecule has 3 rings (SSSR count). The van der Waals surface area contributed by atoms with E-state index in [1.165, 1.54) is 36.6 Å². The van der Waals surface area contributed by atoms with Crippen molar-refractivity contribution in [2.45, 2.75) is 0 Å². The van der Waals surface area contributed by atoms with Crippen molar-refractivity contribution in [2.24, 2.45) is 5.10 Å². The van der Waals surface area contributed by atoms with Gasteiger partial charge in [-0.3, -0.25) is 4.79 Å². The van der Waals surface area contributed by atoms with Crippen molar-refractivity contribution < 1.29 is 23.5 Å². The van der Waals surface area contributed by atoms with E-state index in [2.05, 4.69) is 10.5 Å². The number of hydrogen-bond donors (Lipinski definition) is 1. The number of benzene rings is 3. The maximum absolute atomic E-state index is 12.9. The van der Waals surface area contributed by atoms with Gasteiger partial charge < -0.3 is 9.47 Å². The number of hydrazone groups is 1. The molecule has 0 spiro atoms. The number of hydrogen-bond acceptors (Lipinski definition) is 5. The molecule has 1 amide bonds. The lowest BCUT2D eigenvalue weighted by Gasteiger charge is -2.03. The Labute approximate surface area is 178 Å². The van der Waals surface area contributed by atoms with E-state index in [-0.39, 0.29) is 5.56 Å². The van der Waals surface area contributed by atoms with Gasteiger partial charge in [-0.2, -0.15) is 5.10 Å². The Balaban J connectivity index is 1.55. The lowest BCUT2D eigenvalue weighted by Crippen LogP contribution is -2.17. The highest BCUT2D eigenvalue weighted by Crippen LogP contribution is 2.14. The molecule has 1 N–H and O–H groups in total. The van der Waals surface area contributed by atoms with Gasteiger partial charge >= 0.3 is 5.97 Å². The van der Waals surface area contributed by atoms with E-state index >= 15 is 0 Å². The maximum atomic E-state index is 12.9. The second-order valence-electron chi connectivity index (χ2n) is 6.31. The van der Waals surface area contributed by atoms with Gasteiger partial charge in [-0.1, -0.05) is 24.3 Å². The molecule has 0 bridgehead atoms. The average molecular weight is 418 g/mol. The van der Waals surface area contributed by atoms with Crippen LogP contribution in [0.15, 0.2) is 84.0 Å². The fraction of sp³-hybridized carbons (Fsp3) is 0.0417. The molecule has 0 heterocycles. The first-order chi connectivity index (χ1) is 15.0. The fourth-order valence-electron chi connectivity index (χ4n) is 2.52. The van der Waals surface area contributed by atoms with Crippen LogP contribution in [0.3, 0.4) is 0 Å². The molecule has 3 aromatic rings. The summed E-state index contributed by atoms with van der Waals surface area (Å²) in [5.74, 6) is -0.368. The molecule has 0 unspecified atom stereocenters. The zero-order chi connectivity index (χ0) is 22.1. The summed E-state index contributed by atoms with van der Waals surface area (Å²) in [6, 6.07) is 19.0. The van der Waals surface area contributed by atoms with Crippen molar-refractivity contribution in [3.05, 3.63) is 101 Å². The fourth-order valence-corrected chi connectivity index (χ4v) is 2.52. The molecule has 0 aromatic heterocycles. The van der Waals surface area contributed by atoms with Crippen molar-refractivity contribution in [1.29, 1.82) is 0 Å². The average Bonchev–Trinajstić information content (AvgIpc) is 2.78. The highest BCUT2D eigenvalue weighted by Gasteiger charge is 2.04. The highest BCUT2D eigenvalue weighted by molar-refractivity contribution is 5.95. The van der Waals surface area contributed by atoms with Crippen LogP contribution in [0.4, 0.5) is 4.39 Å². The summed E-state index contributed by atoms with van der Waals surface area (Å²) >= 11 is 0. The topological polar surface area (TPSA) is 77.0 Å². The summed E-state index contributed by atoms with van der Waals surface area (Å²) < 4.78 is 23.3. The first kappa shape index (κ1) is 21.4. The maximum Gasteiger partial charge on any atom is 0.336 e. The lowest BCUT2D eigenvalue weighted by molar-refractivity contribution is -0.128. The first-order valence-corrected chi connectivity index (χ1v) is 9.26. The second-order valence-corrected chi connectivity index (χ2v) is 6.31. The molecule has 0 aliphatic carbocycles. The zero-order valence-corrected chi connectivity index (χ0v) is 16.6. The van der Waals surface area contributed by atoms with Crippen molar-refractivity contribution in [2.75, 3.05) is 7.11 Å². The predicted molar refractivity (Wildman–Crippen MR) is 116 cm³/mol. The van der Waals surface area contributed by atoms with E-state index in [1.807, 2.05) is 12.1 Å². The van der Waals surface area contributed by atoms with Crippen molar-refractivity contribution in [3.8, 4) is 11.5 Å². The van der Waals surface area contributed by atoms with Crippen LogP contribution >= 0.6 is 0 Å². The van der Waals surface area contributed by atoms with Crippen LogP contribution < -0.4 is 14.9 Å². The van der Waals surface area contributed by atoms with Crippen LogP contribution in [0.5, 0.6) is 11.5 Å². The van der Waals surface area contributed by atoms with Crippen LogP contribution in [-0.4, -0.2) is 25.2 Å². The molecule has 0 saturated carbocycles. The molecule has 0 fully saturated rings. The van der Waals surface area contributed by atoms with Crippen LogP contribution in [0, 0.1) is 5.82 Å². The lowest BCUT2D eigenvalue weighted by atomic mass is 10.2. The van der Waals surface area contributed by atoms with Crippen LogP contribution in [-0.2, 0) is 4.79 Å². The summed E-state index contributed by atoms with van der Waals surface area (Å²) in [6.45, 7) is 0. The molecule has 0 atom stereocenters. The molecule has 0 aliphatic heterocycles. The van der Waals surface area contributed by atoms with E-state index in [0.717, 1.165) is 11.3 Å². The number of nitrogens with one attached hydrogen (secondary N) is 1. The smallest absolute Gasteiger partial charge is 0.336 e. The van der Waals surface area contributed by atoms with Crippen molar-refractivity contribution >= 4 is 24.2 Å². The first-order valence-electron chi connectivity index (χ1n) is 9.26. The monoisotopic (exact) mass is 418 g/mol. The summed E-state index contributed by atoms with van der Waals surface area (Å²) in [5, 5.41) is 3.87. The number of carbonyl (C=O) groups excluding carboxylic acids is 2. The third kappa shape index (κ3) is 6.64. The van der Waals surface area contributed by atoms with Crippen LogP contribution in [0.1, 0.15) is 21.5 Å². The van der Waals surface area contributed by atoms with E-state index in [4.69, 9.17) is 9.47 Å². The van der Waals surface area contributed by atoms with Crippen LogP contribution in [0.25, 0.3) is 6.08 Å². The summed E-state index contributed by atoms with van der Waals surface area (Å²) in [7, 11) is 1.58. The molecular weight excluding hydrogens is 399 g/mol. The van der Waals surface area contributed by atoms with Crippen molar-refractivity contribution in [1.82, 2.24) is 5.43 Å². The standard InChI is InChI=1S/C24H19FN2O4/c1-30-21-12-5-17(6-13-21)7-14-23(28)31-22-4-2-3-18(15-22)16-26-27-24(29)19-8-10-20(25)11-9-19/h2-16H,1H3,(H,27,29)/b14-7+,26-16?. The number of amides is 1. The molecule has 0 saturated heterocycles. The van der Waals surface area contributed by atoms with Crippen LogP contribution in [0.2, 0.25) is 0 Å². The number of ether oxygens (including phenoxy) is 2. The molecular formula is C24H19FN2O4. The molecule has 0 radical (unpaired) electrons. The molecule has 0 aliphatic rings. The number of methoxy groups -OCH3 is 1. The van der Waals surface area contributed by atoms with E-state index < -0.39 is 17.7 Å². The van der Waals surface area contributed by atoms with Gasteiger partial charge in [0.1, 0.15) is 17.3 Å². The summed E-state index contributed by atoms with van der Waals surface area (Å²) in [6.07, 6.45) is 4.37. The van der Waals surface area contributed by atoms with E-state index in [1.54, 1.807) is 49.6 Å². The number of halogens is 1. The van der Waals surface area contributed by atoms with Gasteiger partial charge in [-0.15, -0.1) is 0 Å². The number of rotatable bonds is 7. The third-order valence-electron chi connectivity index (χ3n) is 4.09. The van der Waals surface area contributed by atoms with Gasteiger partial charge in [0.15, 0.2) is 0 Å². The van der Waals surface area contributed by atoms with Gasteiger partial charge in [0.25, 0.3) is 5.91 Å². The summed E-state index contributed by atoms with van der Waals surface area (Å²) in [5.41, 5.74) is 4.08.